The van der Waals surface area contributed by atoms with Crippen LogP contribution in [0.5, 0.6) is 11.8 Å². The van der Waals surface area contributed by atoms with Crippen molar-refractivity contribution in [3.8, 4) is 11.8 Å². The van der Waals surface area contributed by atoms with Crippen LogP contribution in [0.1, 0.15) is 12.0 Å². The molecule has 0 saturated carbocycles. The molecule has 19 heavy (non-hydrogen) atoms. The Morgan fingerprint density at radius 3 is 2.26 bits per heavy atom. The van der Waals surface area contributed by atoms with Crippen molar-refractivity contribution in [3.63, 3.8) is 0 Å². The van der Waals surface area contributed by atoms with Gasteiger partial charge in [-0.3, -0.25) is 0 Å². The van der Waals surface area contributed by atoms with Gasteiger partial charge in [-0.05, 0) is 13.0 Å². The monoisotopic (exact) mass is 289 g/mol. The molecule has 0 saturated heterocycles. The van der Waals surface area contributed by atoms with Gasteiger partial charge in [0, 0.05) is 12.8 Å². The summed E-state index contributed by atoms with van der Waals surface area (Å²) in [7, 11) is 0.137. The molecule has 0 aliphatic rings. The zero-order chi connectivity index (χ0) is 14.3. The second-order valence-electron chi connectivity index (χ2n) is 4.03. The van der Waals surface area contributed by atoms with Crippen LogP contribution in [0.4, 0.5) is 0 Å². The second-order valence-corrected chi connectivity index (χ2v) is 6.29. The van der Waals surface area contributed by atoms with Crippen LogP contribution in [0, 0.1) is 0 Å². The van der Waals surface area contributed by atoms with Crippen LogP contribution in [0.2, 0.25) is 0 Å². The standard InChI is InChI=1S/C11H19N3O4S/c1-17-10-9(11(18-2)14-8-13-10)7-12-5-4-6-19(3,15)16/h8,12H,4-7H2,1-3H3. The first kappa shape index (κ1) is 15.6. The van der Waals surface area contributed by atoms with Crippen molar-refractivity contribution in [3.05, 3.63) is 11.9 Å². The highest BCUT2D eigenvalue weighted by Gasteiger charge is 2.12. The summed E-state index contributed by atoms with van der Waals surface area (Å²) < 4.78 is 32.2. The fraction of sp³-hybridized carbons (Fsp3) is 0.636. The van der Waals surface area contributed by atoms with Gasteiger partial charge in [-0.25, -0.2) is 18.4 Å². The molecule has 108 valence electrons. The first-order valence-electron chi connectivity index (χ1n) is 5.78. The van der Waals surface area contributed by atoms with Crippen molar-refractivity contribution in [2.45, 2.75) is 13.0 Å². The largest absolute Gasteiger partial charge is 0.481 e. The quantitative estimate of drug-likeness (QED) is 0.674. The van der Waals surface area contributed by atoms with E-state index in [0.717, 1.165) is 0 Å². The Kier molecular flexibility index (Phi) is 5.97. The summed E-state index contributed by atoms with van der Waals surface area (Å²) in [4.78, 5) is 7.99. The Morgan fingerprint density at radius 1 is 1.21 bits per heavy atom. The van der Waals surface area contributed by atoms with E-state index >= 15 is 0 Å². The lowest BCUT2D eigenvalue weighted by molar-refractivity contribution is 0.359. The molecule has 0 aliphatic carbocycles. The van der Waals surface area contributed by atoms with E-state index in [1.807, 2.05) is 0 Å². The molecule has 0 bridgehead atoms. The number of nitrogens with zero attached hydrogens (tertiary/aromatic N) is 2. The highest BCUT2D eigenvalue weighted by molar-refractivity contribution is 7.90. The highest BCUT2D eigenvalue weighted by Crippen LogP contribution is 2.22. The molecular formula is C11H19N3O4S. The molecule has 1 rings (SSSR count). The number of nitrogens with one attached hydrogen (secondary N) is 1. The van der Waals surface area contributed by atoms with Gasteiger partial charge in [0.15, 0.2) is 0 Å². The number of ether oxygens (including phenoxy) is 2. The molecule has 1 heterocycles. The van der Waals surface area contributed by atoms with Crippen LogP contribution >= 0.6 is 0 Å². The van der Waals surface area contributed by atoms with Crippen LogP contribution in [0.3, 0.4) is 0 Å². The van der Waals surface area contributed by atoms with Crippen molar-refractivity contribution >= 4 is 9.84 Å². The maximum absolute atomic E-state index is 11.0. The zero-order valence-corrected chi connectivity index (χ0v) is 12.2. The lowest BCUT2D eigenvalue weighted by Gasteiger charge is -2.11. The first-order chi connectivity index (χ1) is 8.98. The lowest BCUT2D eigenvalue weighted by Crippen LogP contribution is -2.19. The van der Waals surface area contributed by atoms with Gasteiger partial charge < -0.3 is 14.8 Å². The average molecular weight is 289 g/mol. The van der Waals surface area contributed by atoms with Gasteiger partial charge in [0.25, 0.3) is 0 Å². The van der Waals surface area contributed by atoms with Gasteiger partial charge in [-0.2, -0.15) is 0 Å². The van der Waals surface area contributed by atoms with Crippen molar-refractivity contribution in [1.29, 1.82) is 0 Å². The number of hydrogen-bond donors (Lipinski definition) is 1. The van der Waals surface area contributed by atoms with Gasteiger partial charge in [-0.15, -0.1) is 0 Å². The molecule has 0 aliphatic heterocycles. The molecule has 0 amide bonds. The normalized spacial score (nSPS) is 11.3. The molecule has 0 unspecified atom stereocenters. The van der Waals surface area contributed by atoms with Gasteiger partial charge in [-0.1, -0.05) is 0 Å². The predicted octanol–water partition coefficient (Wildman–Crippen LogP) is 0.0181. The fourth-order valence-corrected chi connectivity index (χ4v) is 2.23. The first-order valence-corrected chi connectivity index (χ1v) is 7.84. The molecule has 1 aromatic heterocycles. The molecular weight excluding hydrogens is 270 g/mol. The summed E-state index contributed by atoms with van der Waals surface area (Å²) in [6, 6.07) is 0. The second kappa shape index (κ2) is 7.25. The third-order valence-corrected chi connectivity index (χ3v) is 3.45. The summed E-state index contributed by atoms with van der Waals surface area (Å²) >= 11 is 0. The molecule has 0 spiro atoms. The summed E-state index contributed by atoms with van der Waals surface area (Å²) in [5.74, 6) is 1.06. The van der Waals surface area contributed by atoms with Gasteiger partial charge in [0.2, 0.25) is 11.8 Å². The summed E-state index contributed by atoms with van der Waals surface area (Å²) in [6.45, 7) is 1.03. The third-order valence-electron chi connectivity index (χ3n) is 2.42. The van der Waals surface area contributed by atoms with E-state index in [4.69, 9.17) is 9.47 Å². The fourth-order valence-electron chi connectivity index (χ4n) is 1.56. The number of aromatic nitrogens is 2. The molecule has 1 N–H and O–H groups in total. The van der Waals surface area contributed by atoms with Crippen LogP contribution < -0.4 is 14.8 Å². The van der Waals surface area contributed by atoms with Crippen LogP contribution in [-0.4, -0.2) is 51.2 Å². The predicted molar refractivity (Wildman–Crippen MR) is 71.2 cm³/mol. The van der Waals surface area contributed by atoms with Crippen molar-refractivity contribution in [2.24, 2.45) is 0 Å². The Balaban J connectivity index is 2.53. The van der Waals surface area contributed by atoms with E-state index in [-0.39, 0.29) is 5.75 Å². The summed E-state index contributed by atoms with van der Waals surface area (Å²) in [5, 5.41) is 3.12. The lowest BCUT2D eigenvalue weighted by atomic mass is 10.3. The minimum Gasteiger partial charge on any atom is -0.481 e. The van der Waals surface area contributed by atoms with Gasteiger partial charge >= 0.3 is 0 Å². The molecule has 0 aromatic carbocycles. The number of hydrogen-bond acceptors (Lipinski definition) is 7. The highest BCUT2D eigenvalue weighted by atomic mass is 32.2. The van der Waals surface area contributed by atoms with E-state index in [0.29, 0.717) is 36.8 Å². The van der Waals surface area contributed by atoms with Crippen LogP contribution in [0.15, 0.2) is 6.33 Å². The van der Waals surface area contributed by atoms with Crippen molar-refractivity contribution < 1.29 is 17.9 Å². The van der Waals surface area contributed by atoms with Gasteiger partial charge in [0.05, 0.1) is 25.5 Å². The molecule has 0 radical (unpaired) electrons. The molecule has 8 heteroatoms. The molecule has 0 atom stereocenters. The minimum atomic E-state index is -2.91. The summed E-state index contributed by atoms with van der Waals surface area (Å²) in [6.07, 6.45) is 3.14. The van der Waals surface area contributed by atoms with E-state index < -0.39 is 9.84 Å². The Labute approximate surface area is 113 Å². The summed E-state index contributed by atoms with van der Waals surface area (Å²) in [5.41, 5.74) is 0.715. The van der Waals surface area contributed by atoms with Crippen molar-refractivity contribution in [2.75, 3.05) is 32.8 Å². The zero-order valence-electron chi connectivity index (χ0n) is 11.3. The molecule has 7 nitrogen and oxygen atoms in total. The average Bonchev–Trinajstić information content (AvgIpc) is 2.36. The van der Waals surface area contributed by atoms with E-state index in [9.17, 15) is 8.42 Å². The Bertz CT molecular complexity index is 482. The van der Waals surface area contributed by atoms with Gasteiger partial charge in [0.1, 0.15) is 16.2 Å². The maximum Gasteiger partial charge on any atom is 0.224 e. The molecule has 0 fully saturated rings. The van der Waals surface area contributed by atoms with E-state index in [1.54, 1.807) is 0 Å². The third kappa shape index (κ3) is 5.39. The Morgan fingerprint density at radius 2 is 1.79 bits per heavy atom. The minimum absolute atomic E-state index is 0.166. The topological polar surface area (TPSA) is 90.4 Å². The van der Waals surface area contributed by atoms with Crippen molar-refractivity contribution in [1.82, 2.24) is 15.3 Å². The van der Waals surface area contributed by atoms with Crippen LogP contribution in [0.25, 0.3) is 0 Å². The number of rotatable bonds is 8. The maximum atomic E-state index is 11.0. The number of sulfone groups is 1. The smallest absolute Gasteiger partial charge is 0.224 e. The number of methoxy groups -OCH3 is 2. The van der Waals surface area contributed by atoms with Crippen LogP contribution in [-0.2, 0) is 16.4 Å². The SMILES string of the molecule is COc1ncnc(OC)c1CNCCCS(C)(=O)=O. The van der Waals surface area contributed by atoms with E-state index in [2.05, 4.69) is 15.3 Å². The van der Waals surface area contributed by atoms with E-state index in [1.165, 1.54) is 26.8 Å². The Hall–Kier alpha value is -1.41. The molecule has 1 aromatic rings.